The molecular formula is C45H47NO2Si2. The van der Waals surface area contributed by atoms with Crippen LogP contribution in [-0.4, -0.2) is 34.4 Å². The fraction of sp³-hybridized carbons (Fsp3) is 0.200. The molecule has 0 bridgehead atoms. The summed E-state index contributed by atoms with van der Waals surface area (Å²) >= 11 is 0. The van der Waals surface area contributed by atoms with Crippen LogP contribution in [0.2, 0.25) is 24.2 Å². The molecule has 0 unspecified atom stereocenters. The molecule has 0 atom stereocenters. The number of aromatic nitrogens is 1. The van der Waals surface area contributed by atoms with E-state index < -0.39 is 16.6 Å². The van der Waals surface area contributed by atoms with Crippen LogP contribution in [-0.2, 0) is 15.9 Å². The Morgan fingerprint density at radius 2 is 0.840 bits per heavy atom. The molecule has 252 valence electrons. The standard InChI is InChI=1S/C45H47NO2Si2/c1-8-30-49(31-9-2,47-12-5)40-24-18-36(19-25-40)14-16-38-22-28-44-42(34-38)43-35-39(23-29-45(43)46(44)7)17-15-37-20-26-41(27-21-37)50(32-10-3,33-11-4)48-13-6/h8-11,18-29,34-35H,1-4,12-13,30-33H2,5-7H3. The molecule has 1 heterocycles. The van der Waals surface area contributed by atoms with Crippen LogP contribution in [0.15, 0.2) is 136 Å². The van der Waals surface area contributed by atoms with Gasteiger partial charge >= 0.3 is 0 Å². The quantitative estimate of drug-likeness (QED) is 0.0660. The maximum atomic E-state index is 6.37. The van der Waals surface area contributed by atoms with Gasteiger partial charge in [-0.1, -0.05) is 72.3 Å². The van der Waals surface area contributed by atoms with Gasteiger partial charge < -0.3 is 13.4 Å². The van der Waals surface area contributed by atoms with Crippen molar-refractivity contribution in [2.45, 2.75) is 38.0 Å². The van der Waals surface area contributed by atoms with Crippen molar-refractivity contribution in [1.82, 2.24) is 4.57 Å². The summed E-state index contributed by atoms with van der Waals surface area (Å²) in [7, 11) is -2.27. The van der Waals surface area contributed by atoms with E-state index in [1.807, 2.05) is 24.3 Å². The summed E-state index contributed by atoms with van der Waals surface area (Å²) in [5.74, 6) is 13.6. The van der Waals surface area contributed by atoms with Crippen LogP contribution >= 0.6 is 0 Å². The fourth-order valence-corrected chi connectivity index (χ4v) is 13.5. The third-order valence-corrected chi connectivity index (χ3v) is 17.5. The molecule has 0 aliphatic rings. The van der Waals surface area contributed by atoms with Crippen LogP contribution in [0.4, 0.5) is 0 Å². The van der Waals surface area contributed by atoms with E-state index in [-0.39, 0.29) is 0 Å². The lowest BCUT2D eigenvalue weighted by Gasteiger charge is -2.29. The minimum Gasteiger partial charge on any atom is -0.412 e. The number of hydrogen-bond acceptors (Lipinski definition) is 2. The molecule has 0 fully saturated rings. The summed E-state index contributed by atoms with van der Waals surface area (Å²) in [6, 6.07) is 33.4. The van der Waals surface area contributed by atoms with Gasteiger partial charge in [0.15, 0.2) is 0 Å². The van der Waals surface area contributed by atoms with Crippen LogP contribution < -0.4 is 10.4 Å². The first-order valence-electron chi connectivity index (χ1n) is 17.3. The Kier molecular flexibility index (Phi) is 12.1. The summed E-state index contributed by atoms with van der Waals surface area (Å²) < 4.78 is 15.0. The Labute approximate surface area is 300 Å². The van der Waals surface area contributed by atoms with E-state index in [0.717, 1.165) is 46.4 Å². The molecular weight excluding hydrogens is 643 g/mol. The highest BCUT2D eigenvalue weighted by molar-refractivity contribution is 6.87. The van der Waals surface area contributed by atoms with Gasteiger partial charge in [-0.25, -0.2) is 0 Å². The molecule has 0 saturated carbocycles. The Morgan fingerprint density at radius 1 is 0.520 bits per heavy atom. The van der Waals surface area contributed by atoms with Gasteiger partial charge in [0.1, 0.15) is 0 Å². The first-order chi connectivity index (χ1) is 24.4. The minimum atomic E-state index is -2.19. The molecule has 0 radical (unpaired) electrons. The number of nitrogens with zero attached hydrogens (tertiary/aromatic N) is 1. The molecule has 5 rings (SSSR count). The van der Waals surface area contributed by atoms with Gasteiger partial charge in [-0.2, -0.15) is 0 Å². The van der Waals surface area contributed by atoms with Gasteiger partial charge in [-0.05, 0) is 109 Å². The maximum absolute atomic E-state index is 6.37. The van der Waals surface area contributed by atoms with Gasteiger partial charge in [0.25, 0.3) is 0 Å². The molecule has 0 aliphatic heterocycles. The van der Waals surface area contributed by atoms with Crippen LogP contribution in [0, 0.1) is 23.7 Å². The third kappa shape index (κ3) is 7.78. The summed E-state index contributed by atoms with van der Waals surface area (Å²) in [4.78, 5) is 0. The van der Waals surface area contributed by atoms with Crippen molar-refractivity contribution in [1.29, 1.82) is 0 Å². The minimum absolute atomic E-state index is 0.679. The van der Waals surface area contributed by atoms with E-state index in [1.54, 1.807) is 0 Å². The topological polar surface area (TPSA) is 23.4 Å². The first kappa shape index (κ1) is 36.4. The molecule has 0 amide bonds. The second-order valence-electron chi connectivity index (χ2n) is 12.5. The van der Waals surface area contributed by atoms with E-state index in [4.69, 9.17) is 8.85 Å². The Bertz CT molecular complexity index is 1960. The highest BCUT2D eigenvalue weighted by Gasteiger charge is 2.35. The molecule has 0 saturated heterocycles. The van der Waals surface area contributed by atoms with Crippen molar-refractivity contribution in [3.05, 3.63) is 158 Å². The highest BCUT2D eigenvalue weighted by atomic mass is 28.4. The molecule has 1 aromatic heterocycles. The summed E-state index contributed by atoms with van der Waals surface area (Å²) in [5, 5.41) is 4.83. The van der Waals surface area contributed by atoms with Crippen molar-refractivity contribution in [3.8, 4) is 23.7 Å². The van der Waals surface area contributed by atoms with E-state index >= 15 is 0 Å². The first-order valence-corrected chi connectivity index (χ1v) is 22.0. The van der Waals surface area contributed by atoms with Crippen molar-refractivity contribution in [3.63, 3.8) is 0 Å². The number of aryl methyl sites for hydroxylation is 1. The average molecular weight is 690 g/mol. The van der Waals surface area contributed by atoms with E-state index in [9.17, 15) is 0 Å². The zero-order valence-electron chi connectivity index (χ0n) is 29.7. The second kappa shape index (κ2) is 16.7. The molecule has 0 spiro atoms. The number of allylic oxidation sites excluding steroid dienone is 4. The van der Waals surface area contributed by atoms with Crippen molar-refractivity contribution >= 4 is 48.8 Å². The lowest BCUT2D eigenvalue weighted by molar-refractivity contribution is 0.333. The normalized spacial score (nSPS) is 11.3. The Balaban J connectivity index is 1.42. The Hall–Kier alpha value is -4.89. The summed E-state index contributed by atoms with van der Waals surface area (Å²) in [5.41, 5.74) is 6.22. The van der Waals surface area contributed by atoms with Crippen LogP contribution in [0.25, 0.3) is 21.8 Å². The summed E-state index contributed by atoms with van der Waals surface area (Å²) in [6.45, 7) is 21.4. The van der Waals surface area contributed by atoms with Gasteiger partial charge in [0.2, 0.25) is 16.6 Å². The molecule has 3 nitrogen and oxygen atoms in total. The molecule has 4 aromatic carbocycles. The smallest absolute Gasteiger partial charge is 0.231 e. The largest absolute Gasteiger partial charge is 0.412 e. The van der Waals surface area contributed by atoms with Crippen LogP contribution in [0.1, 0.15) is 36.1 Å². The van der Waals surface area contributed by atoms with Crippen molar-refractivity contribution in [2.75, 3.05) is 13.2 Å². The molecule has 50 heavy (non-hydrogen) atoms. The van der Waals surface area contributed by atoms with Crippen molar-refractivity contribution < 1.29 is 8.85 Å². The van der Waals surface area contributed by atoms with Gasteiger partial charge in [-0.15, -0.1) is 26.3 Å². The zero-order valence-corrected chi connectivity index (χ0v) is 31.7. The van der Waals surface area contributed by atoms with Gasteiger partial charge in [0.05, 0.1) is 0 Å². The predicted octanol–water partition coefficient (Wildman–Crippen LogP) is 9.25. The van der Waals surface area contributed by atoms with E-state index in [0.29, 0.717) is 13.2 Å². The predicted molar refractivity (Wildman–Crippen MR) is 219 cm³/mol. The van der Waals surface area contributed by atoms with Crippen molar-refractivity contribution in [2.24, 2.45) is 7.05 Å². The lowest BCUT2D eigenvalue weighted by atomic mass is 10.1. The second-order valence-corrected chi connectivity index (χ2v) is 19.8. The summed E-state index contributed by atoms with van der Waals surface area (Å²) in [6.07, 6.45) is 7.89. The zero-order chi connectivity index (χ0) is 35.6. The van der Waals surface area contributed by atoms with Crippen LogP contribution in [0.5, 0.6) is 0 Å². The third-order valence-electron chi connectivity index (χ3n) is 9.27. The lowest BCUT2D eigenvalue weighted by Crippen LogP contribution is -2.50. The van der Waals surface area contributed by atoms with Crippen LogP contribution in [0.3, 0.4) is 0 Å². The molecule has 5 heteroatoms. The van der Waals surface area contributed by atoms with Gasteiger partial charge in [-0.3, -0.25) is 0 Å². The monoisotopic (exact) mass is 689 g/mol. The number of fused-ring (bicyclic) bond motifs is 3. The van der Waals surface area contributed by atoms with E-state index in [2.05, 4.69) is 160 Å². The molecule has 0 N–H and O–H groups in total. The number of benzene rings is 4. The van der Waals surface area contributed by atoms with E-state index in [1.165, 1.54) is 32.2 Å². The molecule has 5 aromatic rings. The Morgan fingerprint density at radius 3 is 1.16 bits per heavy atom. The average Bonchev–Trinajstić information content (AvgIpc) is 3.41. The SMILES string of the molecule is C=CC[Si](CC=C)(OCC)c1ccc(C#Cc2ccc3c(c2)c2cc(C#Cc4ccc([Si](CC=C)(CC=C)OCC)cc4)ccc2n3C)cc1. The number of hydrogen-bond donors (Lipinski definition) is 0. The maximum Gasteiger partial charge on any atom is 0.231 e. The molecule has 0 aliphatic carbocycles. The number of rotatable bonds is 14. The highest BCUT2D eigenvalue weighted by Crippen LogP contribution is 2.30. The van der Waals surface area contributed by atoms with Gasteiger partial charge in [0, 0.05) is 64.3 Å². The fourth-order valence-electron chi connectivity index (χ4n) is 6.90.